The van der Waals surface area contributed by atoms with Crippen LogP contribution in [0.1, 0.15) is 47.0 Å². The minimum Gasteiger partial charge on any atom is -0.466 e. The molecule has 0 saturated heterocycles. The number of hydrogen-bond donors (Lipinski definition) is 0. The molecule has 0 fully saturated rings. The van der Waals surface area contributed by atoms with Gasteiger partial charge in [-0.3, -0.25) is 4.79 Å². The van der Waals surface area contributed by atoms with E-state index in [9.17, 15) is 9.59 Å². The van der Waals surface area contributed by atoms with Crippen molar-refractivity contribution in [2.75, 3.05) is 6.61 Å². The third kappa shape index (κ3) is 22.5. The van der Waals surface area contributed by atoms with E-state index in [2.05, 4.69) is 11.7 Å². The van der Waals surface area contributed by atoms with Crippen molar-refractivity contribution < 1.29 is 14.3 Å². The summed E-state index contributed by atoms with van der Waals surface area (Å²) in [6.45, 7) is 8.10. The molecule has 0 spiro atoms. The fraction of sp³-hybridized carbons (Fsp3) is 0.818. The highest BCUT2D eigenvalue weighted by Crippen LogP contribution is 1.92. The second kappa shape index (κ2) is 12.1. The van der Waals surface area contributed by atoms with Gasteiger partial charge < -0.3 is 9.53 Å². The van der Waals surface area contributed by atoms with Crippen molar-refractivity contribution in [3.63, 3.8) is 0 Å². The van der Waals surface area contributed by atoms with E-state index in [1.807, 2.05) is 13.8 Å². The Morgan fingerprint density at radius 2 is 2.00 bits per heavy atom. The average molecular weight is 202 g/mol. The molecule has 0 bridgehead atoms. The predicted octanol–water partition coefficient (Wildman–Crippen LogP) is 2.58. The Morgan fingerprint density at radius 3 is 2.21 bits per heavy atom. The van der Waals surface area contributed by atoms with Crippen molar-refractivity contribution in [1.82, 2.24) is 0 Å². The molecule has 0 unspecified atom stereocenters. The van der Waals surface area contributed by atoms with E-state index in [-0.39, 0.29) is 5.97 Å². The van der Waals surface area contributed by atoms with Crippen molar-refractivity contribution in [2.24, 2.45) is 5.92 Å². The number of ether oxygens (including phenoxy) is 1. The second-order valence-corrected chi connectivity index (χ2v) is 3.49. The summed E-state index contributed by atoms with van der Waals surface area (Å²) in [5.74, 6) is 0.348. The van der Waals surface area contributed by atoms with E-state index >= 15 is 0 Å². The van der Waals surface area contributed by atoms with Crippen molar-refractivity contribution in [3.8, 4) is 0 Å². The van der Waals surface area contributed by atoms with Gasteiger partial charge in [0.25, 0.3) is 0 Å². The van der Waals surface area contributed by atoms with Gasteiger partial charge >= 0.3 is 5.97 Å². The molecule has 0 rings (SSSR count). The Labute approximate surface area is 86.8 Å². The first-order valence-corrected chi connectivity index (χ1v) is 5.11. The number of unbranched alkanes of at least 4 members (excludes halogenated alkanes) is 1. The van der Waals surface area contributed by atoms with Crippen LogP contribution in [0, 0.1) is 5.92 Å². The van der Waals surface area contributed by atoms with Crippen LogP contribution in [0.15, 0.2) is 0 Å². The summed E-state index contributed by atoms with van der Waals surface area (Å²) < 4.78 is 4.64. The summed E-state index contributed by atoms with van der Waals surface area (Å²) >= 11 is 0. The van der Waals surface area contributed by atoms with Gasteiger partial charge in [-0.25, -0.2) is 0 Å². The molecule has 0 aliphatic carbocycles. The van der Waals surface area contributed by atoms with E-state index < -0.39 is 0 Å². The summed E-state index contributed by atoms with van der Waals surface area (Å²) in [5.41, 5.74) is 0. The molecule has 0 aliphatic heterocycles. The lowest BCUT2D eigenvalue weighted by Crippen LogP contribution is -1.99. The quantitative estimate of drug-likeness (QED) is 0.391. The van der Waals surface area contributed by atoms with Crippen molar-refractivity contribution in [3.05, 3.63) is 0 Å². The van der Waals surface area contributed by atoms with Crippen LogP contribution in [-0.2, 0) is 14.3 Å². The monoisotopic (exact) mass is 202 g/mol. The fourth-order valence-corrected chi connectivity index (χ4v) is 0.553. The normalized spacial score (nSPS) is 8.93. The van der Waals surface area contributed by atoms with Gasteiger partial charge in [0.1, 0.15) is 6.29 Å². The van der Waals surface area contributed by atoms with Crippen LogP contribution in [0.5, 0.6) is 0 Å². The van der Waals surface area contributed by atoms with Gasteiger partial charge in [-0.1, -0.05) is 27.2 Å². The van der Waals surface area contributed by atoms with Crippen LogP contribution in [0.4, 0.5) is 0 Å². The number of carbonyl (C=O) groups is 2. The molecule has 0 saturated carbocycles. The molecule has 0 amide bonds. The highest BCUT2D eigenvalue weighted by Gasteiger charge is 1.88. The summed E-state index contributed by atoms with van der Waals surface area (Å²) in [6.07, 6.45) is 3.69. The molecule has 84 valence electrons. The van der Waals surface area contributed by atoms with E-state index in [1.165, 1.54) is 6.92 Å². The highest BCUT2D eigenvalue weighted by molar-refractivity contribution is 5.65. The van der Waals surface area contributed by atoms with Crippen LogP contribution in [-0.4, -0.2) is 18.9 Å². The summed E-state index contributed by atoms with van der Waals surface area (Å²) in [6, 6.07) is 0. The van der Waals surface area contributed by atoms with Crippen molar-refractivity contribution in [2.45, 2.75) is 47.0 Å². The minimum atomic E-state index is -0.182. The predicted molar refractivity (Wildman–Crippen MR) is 57.1 cm³/mol. The second-order valence-electron chi connectivity index (χ2n) is 3.49. The van der Waals surface area contributed by atoms with E-state index in [0.29, 0.717) is 18.9 Å². The van der Waals surface area contributed by atoms with Crippen LogP contribution in [0.2, 0.25) is 0 Å². The zero-order valence-corrected chi connectivity index (χ0v) is 9.71. The molecule has 14 heavy (non-hydrogen) atoms. The Kier molecular flexibility index (Phi) is 13.5. The van der Waals surface area contributed by atoms with Crippen molar-refractivity contribution >= 4 is 12.3 Å². The Bertz CT molecular complexity index is 141. The molecule has 0 aromatic carbocycles. The van der Waals surface area contributed by atoms with Gasteiger partial charge in [-0.2, -0.15) is 0 Å². The zero-order chi connectivity index (χ0) is 11.4. The molecular formula is C11H22O3. The highest BCUT2D eigenvalue weighted by atomic mass is 16.5. The van der Waals surface area contributed by atoms with Crippen LogP contribution >= 0.6 is 0 Å². The lowest BCUT2D eigenvalue weighted by Gasteiger charge is -1.96. The van der Waals surface area contributed by atoms with Crippen molar-refractivity contribution in [1.29, 1.82) is 0 Å². The van der Waals surface area contributed by atoms with Gasteiger partial charge in [0, 0.05) is 13.3 Å². The van der Waals surface area contributed by atoms with Gasteiger partial charge in [0.05, 0.1) is 6.61 Å². The molecule has 0 aromatic heterocycles. The Hall–Kier alpha value is -0.860. The SMILES string of the molecule is CC(C)CC=O.CCCCOC(C)=O. The Morgan fingerprint density at radius 1 is 1.43 bits per heavy atom. The van der Waals surface area contributed by atoms with Gasteiger partial charge in [0.15, 0.2) is 0 Å². The van der Waals surface area contributed by atoms with E-state index in [1.54, 1.807) is 0 Å². The molecule has 0 N–H and O–H groups in total. The summed E-state index contributed by atoms with van der Waals surface area (Å²) in [5, 5.41) is 0. The number of hydrogen-bond acceptors (Lipinski definition) is 3. The first kappa shape index (κ1) is 15.6. The van der Waals surface area contributed by atoms with Gasteiger partial charge in [-0.15, -0.1) is 0 Å². The molecular weight excluding hydrogens is 180 g/mol. The number of aldehydes is 1. The first-order chi connectivity index (χ1) is 6.54. The number of carbonyl (C=O) groups excluding carboxylic acids is 2. The Balaban J connectivity index is 0. The van der Waals surface area contributed by atoms with Crippen LogP contribution < -0.4 is 0 Å². The zero-order valence-electron chi connectivity index (χ0n) is 9.71. The summed E-state index contributed by atoms with van der Waals surface area (Å²) in [4.78, 5) is 19.7. The van der Waals surface area contributed by atoms with Crippen LogP contribution in [0.3, 0.4) is 0 Å². The van der Waals surface area contributed by atoms with Gasteiger partial charge in [0.2, 0.25) is 0 Å². The molecule has 3 nitrogen and oxygen atoms in total. The molecule has 3 heteroatoms. The minimum absolute atomic E-state index is 0.182. The summed E-state index contributed by atoms with van der Waals surface area (Å²) in [7, 11) is 0. The largest absolute Gasteiger partial charge is 0.466 e. The third-order valence-electron chi connectivity index (χ3n) is 1.37. The number of esters is 1. The van der Waals surface area contributed by atoms with Crippen LogP contribution in [0.25, 0.3) is 0 Å². The van der Waals surface area contributed by atoms with Gasteiger partial charge in [-0.05, 0) is 12.3 Å². The standard InChI is InChI=1S/C6H12O2.C5H10O/c1-3-4-5-8-6(2)7;1-5(2)3-4-6/h3-5H2,1-2H3;4-5H,3H2,1-2H3. The first-order valence-electron chi connectivity index (χ1n) is 5.11. The third-order valence-corrected chi connectivity index (χ3v) is 1.37. The maximum atomic E-state index is 10.1. The maximum absolute atomic E-state index is 10.1. The average Bonchev–Trinajstić information content (AvgIpc) is 2.05. The van der Waals surface area contributed by atoms with E-state index in [4.69, 9.17) is 0 Å². The molecule has 0 atom stereocenters. The lowest BCUT2D eigenvalue weighted by atomic mass is 10.2. The molecule has 0 radical (unpaired) electrons. The molecule has 0 aliphatic rings. The molecule has 0 aromatic rings. The number of rotatable bonds is 5. The maximum Gasteiger partial charge on any atom is 0.302 e. The fourth-order valence-electron chi connectivity index (χ4n) is 0.553. The topological polar surface area (TPSA) is 43.4 Å². The van der Waals surface area contributed by atoms with E-state index in [0.717, 1.165) is 19.1 Å². The lowest BCUT2D eigenvalue weighted by molar-refractivity contribution is -0.141. The molecule has 0 heterocycles. The smallest absolute Gasteiger partial charge is 0.302 e.